The summed E-state index contributed by atoms with van der Waals surface area (Å²) in [6, 6.07) is 6.02. The maximum Gasteiger partial charge on any atom is 0.279 e. The quantitative estimate of drug-likeness (QED) is 0.467. The summed E-state index contributed by atoms with van der Waals surface area (Å²) in [4.78, 5) is 17.6. The molecule has 8 heteroatoms. The van der Waals surface area contributed by atoms with Crippen molar-refractivity contribution < 1.29 is 14.9 Å². The fourth-order valence-corrected chi connectivity index (χ4v) is 2.74. The van der Waals surface area contributed by atoms with Crippen LogP contribution < -0.4 is 0 Å². The van der Waals surface area contributed by atoms with E-state index in [1.54, 1.807) is 12.1 Å². The maximum absolute atomic E-state index is 10.9. The second-order valence-electron chi connectivity index (χ2n) is 5.47. The lowest BCUT2D eigenvalue weighted by molar-refractivity contribution is -0.385. The third-order valence-corrected chi connectivity index (χ3v) is 3.92. The van der Waals surface area contributed by atoms with Crippen LogP contribution in [0.5, 0.6) is 0 Å². The van der Waals surface area contributed by atoms with Gasteiger partial charge in [-0.25, -0.2) is 0 Å². The standard InChI is InChI=1S/C15H20ClN3O4/c16-15(13-6-2-3-7-14(13)19(21)22)17-23-11-12(20)10-18-8-4-1-5-9-18/h2-3,6-7,12,20H,1,4-5,8-11H2. The maximum atomic E-state index is 10.9. The van der Waals surface area contributed by atoms with Gasteiger partial charge in [0.15, 0.2) is 5.17 Å². The minimum atomic E-state index is -0.674. The number of hydrogen-bond donors (Lipinski definition) is 1. The zero-order chi connectivity index (χ0) is 16.7. The van der Waals surface area contributed by atoms with Crippen LogP contribution in [0.2, 0.25) is 0 Å². The highest BCUT2D eigenvalue weighted by Gasteiger charge is 2.18. The summed E-state index contributed by atoms with van der Waals surface area (Å²) < 4.78 is 0. The number of piperidine rings is 1. The second-order valence-corrected chi connectivity index (χ2v) is 5.83. The number of nitro benzene ring substituents is 1. The van der Waals surface area contributed by atoms with E-state index in [1.807, 2.05) is 0 Å². The SMILES string of the molecule is O=[N+]([O-])c1ccccc1C(Cl)=NOCC(O)CN1CCCCC1. The molecule has 0 bridgehead atoms. The summed E-state index contributed by atoms with van der Waals surface area (Å²) >= 11 is 5.96. The van der Waals surface area contributed by atoms with Crippen molar-refractivity contribution in [3.05, 3.63) is 39.9 Å². The van der Waals surface area contributed by atoms with Gasteiger partial charge in [-0.05, 0) is 32.0 Å². The van der Waals surface area contributed by atoms with Crippen molar-refractivity contribution in [2.75, 3.05) is 26.2 Å². The van der Waals surface area contributed by atoms with E-state index >= 15 is 0 Å². The number of benzene rings is 1. The van der Waals surface area contributed by atoms with Crippen molar-refractivity contribution >= 4 is 22.5 Å². The zero-order valence-corrected chi connectivity index (χ0v) is 13.5. The van der Waals surface area contributed by atoms with Crippen molar-refractivity contribution in [1.29, 1.82) is 0 Å². The molecule has 0 amide bonds. The molecule has 0 radical (unpaired) electrons. The van der Waals surface area contributed by atoms with Crippen LogP contribution in [0.1, 0.15) is 24.8 Å². The molecule has 1 fully saturated rings. The van der Waals surface area contributed by atoms with Gasteiger partial charge in [0.05, 0.1) is 10.5 Å². The Balaban J connectivity index is 1.86. The number of β-amino-alcohol motifs (C(OH)–C–C–N with tert-alkyl or cyclic N) is 1. The molecule has 126 valence electrons. The fourth-order valence-electron chi connectivity index (χ4n) is 2.53. The van der Waals surface area contributed by atoms with Crippen LogP contribution in [0.15, 0.2) is 29.4 Å². The Kier molecular flexibility index (Phi) is 6.76. The first kappa shape index (κ1) is 17.7. The topological polar surface area (TPSA) is 88.2 Å². The fraction of sp³-hybridized carbons (Fsp3) is 0.533. The molecule has 1 unspecified atom stereocenters. The van der Waals surface area contributed by atoms with Crippen LogP contribution in [-0.4, -0.2) is 52.4 Å². The van der Waals surface area contributed by atoms with E-state index in [0.717, 1.165) is 25.9 Å². The minimum Gasteiger partial charge on any atom is -0.392 e. The smallest absolute Gasteiger partial charge is 0.279 e. The Labute approximate surface area is 139 Å². The molecule has 1 aromatic carbocycles. The first-order valence-corrected chi connectivity index (χ1v) is 7.95. The summed E-state index contributed by atoms with van der Waals surface area (Å²) in [6.07, 6.45) is 2.86. The van der Waals surface area contributed by atoms with Crippen LogP contribution in [0.3, 0.4) is 0 Å². The average Bonchev–Trinajstić information content (AvgIpc) is 2.55. The van der Waals surface area contributed by atoms with Crippen molar-refractivity contribution in [2.24, 2.45) is 5.16 Å². The van der Waals surface area contributed by atoms with E-state index in [0.29, 0.717) is 6.54 Å². The highest BCUT2D eigenvalue weighted by molar-refractivity contribution is 6.69. The lowest BCUT2D eigenvalue weighted by Crippen LogP contribution is -2.38. The van der Waals surface area contributed by atoms with Gasteiger partial charge in [0, 0.05) is 12.6 Å². The third kappa shape index (κ3) is 5.46. The van der Waals surface area contributed by atoms with E-state index in [-0.39, 0.29) is 23.0 Å². The predicted molar refractivity (Wildman–Crippen MR) is 87.7 cm³/mol. The van der Waals surface area contributed by atoms with E-state index < -0.39 is 11.0 Å². The lowest BCUT2D eigenvalue weighted by atomic mass is 10.1. The van der Waals surface area contributed by atoms with Crippen LogP contribution in [-0.2, 0) is 4.84 Å². The first-order valence-electron chi connectivity index (χ1n) is 7.57. The van der Waals surface area contributed by atoms with Crippen LogP contribution >= 0.6 is 11.6 Å². The van der Waals surface area contributed by atoms with E-state index in [1.165, 1.54) is 18.6 Å². The molecule has 23 heavy (non-hydrogen) atoms. The molecule has 1 aliphatic rings. The normalized spacial score (nSPS) is 17.7. The number of nitro groups is 1. The molecule has 0 spiro atoms. The van der Waals surface area contributed by atoms with Crippen LogP contribution in [0.25, 0.3) is 0 Å². The van der Waals surface area contributed by atoms with Gasteiger partial charge >= 0.3 is 0 Å². The van der Waals surface area contributed by atoms with E-state index in [9.17, 15) is 15.2 Å². The van der Waals surface area contributed by atoms with Crippen LogP contribution in [0.4, 0.5) is 5.69 Å². The number of hydrogen-bond acceptors (Lipinski definition) is 6. The van der Waals surface area contributed by atoms with Gasteiger partial charge in [0.2, 0.25) is 0 Å². The average molecular weight is 342 g/mol. The molecule has 2 rings (SSSR count). The number of aliphatic hydroxyl groups excluding tert-OH is 1. The Hall–Kier alpha value is -1.70. The summed E-state index contributed by atoms with van der Waals surface area (Å²) in [5, 5.41) is 24.4. The van der Waals surface area contributed by atoms with Gasteiger partial charge in [-0.15, -0.1) is 0 Å². The highest BCUT2D eigenvalue weighted by atomic mass is 35.5. The number of aliphatic hydroxyl groups is 1. The van der Waals surface area contributed by atoms with Gasteiger partial charge < -0.3 is 14.8 Å². The minimum absolute atomic E-state index is 0.00660. The number of rotatable bonds is 7. The van der Waals surface area contributed by atoms with Gasteiger partial charge in [0.25, 0.3) is 5.69 Å². The highest BCUT2D eigenvalue weighted by Crippen LogP contribution is 2.20. The second kappa shape index (κ2) is 8.81. The Morgan fingerprint density at radius 3 is 2.78 bits per heavy atom. The molecule has 0 aromatic heterocycles. The largest absolute Gasteiger partial charge is 0.392 e. The van der Waals surface area contributed by atoms with Crippen molar-refractivity contribution in [3.8, 4) is 0 Å². The molecule has 1 aromatic rings. The molecule has 0 saturated carbocycles. The molecule has 1 atom stereocenters. The first-order chi connectivity index (χ1) is 11.1. The van der Waals surface area contributed by atoms with Gasteiger partial charge in [-0.1, -0.05) is 35.3 Å². The summed E-state index contributed by atoms with van der Waals surface area (Å²) in [6.45, 7) is 2.49. The van der Waals surface area contributed by atoms with Crippen molar-refractivity contribution in [2.45, 2.75) is 25.4 Å². The molecule has 7 nitrogen and oxygen atoms in total. The molecule has 1 aliphatic heterocycles. The zero-order valence-electron chi connectivity index (χ0n) is 12.7. The lowest BCUT2D eigenvalue weighted by Gasteiger charge is -2.27. The van der Waals surface area contributed by atoms with E-state index in [2.05, 4.69) is 10.1 Å². The van der Waals surface area contributed by atoms with Crippen molar-refractivity contribution in [3.63, 3.8) is 0 Å². The van der Waals surface area contributed by atoms with E-state index in [4.69, 9.17) is 16.4 Å². The number of halogens is 1. The molecular weight excluding hydrogens is 322 g/mol. The number of nitrogens with zero attached hydrogens (tertiary/aromatic N) is 3. The Morgan fingerprint density at radius 2 is 2.09 bits per heavy atom. The third-order valence-electron chi connectivity index (χ3n) is 3.65. The summed E-state index contributed by atoms with van der Waals surface area (Å²) in [5.74, 6) is 0. The number of likely N-dealkylation sites (tertiary alicyclic amines) is 1. The number of oxime groups is 1. The number of para-hydroxylation sites is 1. The predicted octanol–water partition coefficient (Wildman–Crippen LogP) is 2.36. The van der Waals surface area contributed by atoms with Gasteiger partial charge in [-0.3, -0.25) is 10.1 Å². The Bertz CT molecular complexity index is 561. The van der Waals surface area contributed by atoms with Crippen LogP contribution in [0, 0.1) is 10.1 Å². The van der Waals surface area contributed by atoms with Gasteiger partial charge in [-0.2, -0.15) is 0 Å². The summed E-state index contributed by atoms with van der Waals surface area (Å²) in [7, 11) is 0. The molecule has 0 aliphatic carbocycles. The molecule has 1 heterocycles. The summed E-state index contributed by atoms with van der Waals surface area (Å²) in [5.41, 5.74) is 0.0448. The Morgan fingerprint density at radius 1 is 1.39 bits per heavy atom. The monoisotopic (exact) mass is 341 g/mol. The van der Waals surface area contributed by atoms with Gasteiger partial charge in [0.1, 0.15) is 12.7 Å². The molecule has 1 N–H and O–H groups in total. The molecular formula is C15H20ClN3O4. The van der Waals surface area contributed by atoms with Crippen molar-refractivity contribution in [1.82, 2.24) is 4.90 Å². The molecule has 1 saturated heterocycles.